The summed E-state index contributed by atoms with van der Waals surface area (Å²) >= 11 is 0. The minimum absolute atomic E-state index is 0.116. The molecule has 11 heteroatoms. The van der Waals surface area contributed by atoms with E-state index in [4.69, 9.17) is 28.4 Å². The molecular formula is C25H25N3O8. The number of carbonyl (C=O) groups excluding carboxylic acids is 1. The van der Waals surface area contributed by atoms with Crippen molar-refractivity contribution in [3.8, 4) is 28.7 Å². The van der Waals surface area contributed by atoms with Crippen molar-refractivity contribution in [1.82, 2.24) is 15.0 Å². The van der Waals surface area contributed by atoms with Crippen LogP contribution in [0.25, 0.3) is 0 Å². The Bertz CT molecular complexity index is 1310. The lowest BCUT2D eigenvalue weighted by atomic mass is 9.65. The number of aliphatic hydroxyl groups excluding tert-OH is 1. The van der Waals surface area contributed by atoms with Crippen LogP contribution in [0.3, 0.4) is 0 Å². The number of nitrogens with zero attached hydrogens (tertiary/aromatic N) is 3. The maximum Gasteiger partial charge on any atom is 0.310 e. The number of fused-ring (bicyclic) bond motifs is 3. The van der Waals surface area contributed by atoms with E-state index in [1.807, 2.05) is 24.3 Å². The third-order valence-corrected chi connectivity index (χ3v) is 7.20. The fourth-order valence-corrected chi connectivity index (χ4v) is 5.68. The van der Waals surface area contributed by atoms with Crippen LogP contribution in [-0.4, -0.2) is 60.8 Å². The second-order valence-electron chi connectivity index (χ2n) is 8.88. The number of hydrogen-bond donors (Lipinski definition) is 1. The van der Waals surface area contributed by atoms with Gasteiger partial charge in [0.1, 0.15) is 5.69 Å². The Morgan fingerprint density at radius 2 is 1.69 bits per heavy atom. The van der Waals surface area contributed by atoms with E-state index in [1.165, 1.54) is 0 Å². The van der Waals surface area contributed by atoms with Gasteiger partial charge in [-0.25, -0.2) is 4.68 Å². The van der Waals surface area contributed by atoms with Crippen LogP contribution in [0.5, 0.6) is 28.7 Å². The average molecular weight is 495 g/mol. The second kappa shape index (κ2) is 8.59. The van der Waals surface area contributed by atoms with Gasteiger partial charge in [-0.1, -0.05) is 5.21 Å². The van der Waals surface area contributed by atoms with E-state index in [1.54, 1.807) is 32.2 Å². The van der Waals surface area contributed by atoms with Gasteiger partial charge in [0.05, 0.1) is 52.7 Å². The maximum absolute atomic E-state index is 13.3. The summed E-state index contributed by atoms with van der Waals surface area (Å²) in [5.41, 5.74) is 3.03. The van der Waals surface area contributed by atoms with Crippen LogP contribution in [0.4, 0.5) is 0 Å². The number of esters is 1. The molecule has 3 aromatic rings. The first-order valence-corrected chi connectivity index (χ1v) is 11.5. The van der Waals surface area contributed by atoms with Crippen LogP contribution < -0.4 is 23.7 Å². The summed E-state index contributed by atoms with van der Waals surface area (Å²) in [5.74, 6) is 1.21. The highest BCUT2D eigenvalue weighted by atomic mass is 16.7. The summed E-state index contributed by atoms with van der Waals surface area (Å²) in [4.78, 5) is 13.3. The van der Waals surface area contributed by atoms with Crippen molar-refractivity contribution in [2.75, 3.05) is 34.7 Å². The summed E-state index contributed by atoms with van der Waals surface area (Å²) in [6.45, 7) is 0.0974. The Hall–Kier alpha value is -3.99. The van der Waals surface area contributed by atoms with Gasteiger partial charge in [0.25, 0.3) is 0 Å². The molecule has 11 nitrogen and oxygen atoms in total. The molecule has 1 fully saturated rings. The highest BCUT2D eigenvalue weighted by Gasteiger charge is 2.53. The lowest BCUT2D eigenvalue weighted by Gasteiger charge is -2.39. The molecule has 6 rings (SSSR count). The van der Waals surface area contributed by atoms with Crippen molar-refractivity contribution in [3.05, 3.63) is 52.8 Å². The minimum Gasteiger partial charge on any atom is -0.493 e. The SMILES string of the molecule is COc1cc([C@@H]2c3cc4c(cc3[C@@H](n3cc(CO)nn3)[C@H]3COC(=O)[C@H]23)OCO4)cc(OC)c1OC. The largest absolute Gasteiger partial charge is 0.493 e. The molecule has 1 aromatic heterocycles. The molecule has 0 unspecified atom stereocenters. The summed E-state index contributed by atoms with van der Waals surface area (Å²) in [6, 6.07) is 7.22. The highest BCUT2D eigenvalue weighted by Crippen LogP contribution is 2.56. The van der Waals surface area contributed by atoms with E-state index < -0.39 is 5.92 Å². The Kier molecular flexibility index (Phi) is 5.36. The Labute approximate surface area is 206 Å². The van der Waals surface area contributed by atoms with Crippen LogP contribution in [0, 0.1) is 11.8 Å². The zero-order valence-electron chi connectivity index (χ0n) is 20.0. The van der Waals surface area contributed by atoms with Gasteiger partial charge < -0.3 is 33.5 Å². The minimum atomic E-state index is -0.521. The highest BCUT2D eigenvalue weighted by molar-refractivity contribution is 5.79. The molecule has 0 radical (unpaired) electrons. The van der Waals surface area contributed by atoms with Crippen molar-refractivity contribution in [1.29, 1.82) is 0 Å². The molecule has 1 N–H and O–H groups in total. The number of hydrogen-bond acceptors (Lipinski definition) is 10. The summed E-state index contributed by atoms with van der Waals surface area (Å²) < 4.78 is 35.4. The van der Waals surface area contributed by atoms with Gasteiger partial charge in [-0.2, -0.15) is 0 Å². The zero-order chi connectivity index (χ0) is 25.0. The predicted molar refractivity (Wildman–Crippen MR) is 123 cm³/mol. The van der Waals surface area contributed by atoms with Gasteiger partial charge in [-0.15, -0.1) is 5.10 Å². The third kappa shape index (κ3) is 3.26. The van der Waals surface area contributed by atoms with E-state index in [-0.39, 0.29) is 43.9 Å². The van der Waals surface area contributed by atoms with E-state index in [0.29, 0.717) is 34.4 Å². The first kappa shape index (κ1) is 22.5. The van der Waals surface area contributed by atoms with Crippen LogP contribution >= 0.6 is 0 Å². The van der Waals surface area contributed by atoms with Gasteiger partial charge in [0.15, 0.2) is 23.0 Å². The molecule has 2 aromatic carbocycles. The molecular weight excluding hydrogens is 470 g/mol. The van der Waals surface area contributed by atoms with Crippen LogP contribution in [-0.2, 0) is 16.1 Å². The molecule has 0 bridgehead atoms. The monoisotopic (exact) mass is 495 g/mol. The third-order valence-electron chi connectivity index (χ3n) is 7.20. The molecule has 1 aliphatic carbocycles. The zero-order valence-corrected chi connectivity index (χ0v) is 20.0. The summed E-state index contributed by atoms with van der Waals surface area (Å²) in [6.07, 6.45) is 1.69. The fourth-order valence-electron chi connectivity index (χ4n) is 5.68. The van der Waals surface area contributed by atoms with E-state index in [0.717, 1.165) is 16.7 Å². The van der Waals surface area contributed by atoms with Crippen molar-refractivity contribution >= 4 is 5.97 Å². The average Bonchev–Trinajstić information content (AvgIpc) is 3.65. The molecule has 0 amide bonds. The Morgan fingerprint density at radius 1 is 1.00 bits per heavy atom. The molecule has 0 spiro atoms. The number of aromatic nitrogens is 3. The molecule has 36 heavy (non-hydrogen) atoms. The molecule has 1 saturated heterocycles. The van der Waals surface area contributed by atoms with Crippen molar-refractivity contribution in [2.24, 2.45) is 11.8 Å². The first-order chi connectivity index (χ1) is 17.6. The molecule has 0 saturated carbocycles. The van der Waals surface area contributed by atoms with Crippen molar-refractivity contribution < 1.29 is 38.3 Å². The lowest BCUT2D eigenvalue weighted by molar-refractivity contribution is -0.141. The van der Waals surface area contributed by atoms with Gasteiger partial charge in [-0.3, -0.25) is 4.79 Å². The van der Waals surface area contributed by atoms with Crippen LogP contribution in [0.1, 0.15) is 34.3 Å². The number of cyclic esters (lactones) is 1. The Morgan fingerprint density at radius 3 is 2.31 bits per heavy atom. The lowest BCUT2D eigenvalue weighted by Crippen LogP contribution is -2.37. The fraction of sp³-hybridized carbons (Fsp3) is 0.400. The smallest absolute Gasteiger partial charge is 0.310 e. The number of benzene rings is 2. The number of ether oxygens (including phenoxy) is 6. The van der Waals surface area contributed by atoms with Crippen molar-refractivity contribution in [3.63, 3.8) is 0 Å². The number of methoxy groups -OCH3 is 3. The van der Waals surface area contributed by atoms with Crippen molar-refractivity contribution in [2.45, 2.75) is 18.6 Å². The van der Waals surface area contributed by atoms with E-state index in [2.05, 4.69) is 10.3 Å². The van der Waals surface area contributed by atoms with E-state index >= 15 is 0 Å². The van der Waals surface area contributed by atoms with Gasteiger partial charge >= 0.3 is 5.97 Å². The summed E-state index contributed by atoms with van der Waals surface area (Å²) in [7, 11) is 4.66. The maximum atomic E-state index is 13.3. The van der Waals surface area contributed by atoms with Crippen LogP contribution in [0.2, 0.25) is 0 Å². The van der Waals surface area contributed by atoms with E-state index in [9.17, 15) is 9.90 Å². The molecule has 188 valence electrons. The molecule has 3 heterocycles. The van der Waals surface area contributed by atoms with Gasteiger partial charge in [0.2, 0.25) is 12.5 Å². The second-order valence-corrected chi connectivity index (χ2v) is 8.88. The summed E-state index contributed by atoms with van der Waals surface area (Å²) in [5, 5.41) is 17.9. The molecule has 2 aliphatic heterocycles. The first-order valence-electron chi connectivity index (χ1n) is 11.5. The molecule has 3 aliphatic rings. The quantitative estimate of drug-likeness (QED) is 0.508. The standard InChI is InChI=1S/C25H25N3O8/c1-31-19-4-12(5-20(32-2)24(19)33-3)21-14-6-17-18(36-11-35-17)7-15(14)23(16-10-34-25(30)22(16)21)28-8-13(9-29)26-27-28/h4-8,16,21-23,29H,9-11H2,1-3H3/t16-,21+,22-,23+/m0/s1. The Balaban J connectivity index is 1.60. The number of aliphatic hydroxyl groups is 1. The molecule has 4 atom stereocenters. The van der Waals surface area contributed by atoms with Gasteiger partial charge in [-0.05, 0) is 41.0 Å². The predicted octanol–water partition coefficient (Wildman–Crippen LogP) is 2.05. The van der Waals surface area contributed by atoms with Gasteiger partial charge in [0, 0.05) is 11.8 Å². The number of rotatable bonds is 6. The number of carbonyl (C=O) groups is 1. The van der Waals surface area contributed by atoms with Crippen LogP contribution in [0.15, 0.2) is 30.5 Å². The normalized spacial score (nSPS) is 23.6. The topological polar surface area (TPSA) is 123 Å².